The maximum atomic E-state index is 12.1. The van der Waals surface area contributed by atoms with Gasteiger partial charge in [0.2, 0.25) is 0 Å². The van der Waals surface area contributed by atoms with Crippen LogP contribution >= 0.6 is 0 Å². The molecule has 172 valence electrons. The van der Waals surface area contributed by atoms with Crippen molar-refractivity contribution in [1.29, 1.82) is 0 Å². The summed E-state index contributed by atoms with van der Waals surface area (Å²) in [5.41, 5.74) is 2.48. The predicted octanol–water partition coefficient (Wildman–Crippen LogP) is 4.25. The molecule has 4 unspecified atom stereocenters. The molecule has 5 aliphatic rings. The normalized spacial score (nSPS) is 42.8. The Morgan fingerprint density at radius 2 is 2.03 bits per heavy atom. The minimum Gasteiger partial charge on any atom is -0.383 e. The molecule has 5 heteroatoms. The highest BCUT2D eigenvalue weighted by Crippen LogP contribution is 2.66. The van der Waals surface area contributed by atoms with Gasteiger partial charge in [-0.2, -0.15) is 0 Å². The van der Waals surface area contributed by atoms with Crippen LogP contribution in [0, 0.1) is 23.2 Å². The zero-order valence-corrected chi connectivity index (χ0v) is 19.4. The third-order valence-corrected chi connectivity index (χ3v) is 9.11. The minimum absolute atomic E-state index is 0.0548. The van der Waals surface area contributed by atoms with Crippen LogP contribution in [-0.2, 0) is 14.2 Å². The third kappa shape index (κ3) is 2.93. The summed E-state index contributed by atoms with van der Waals surface area (Å²) < 4.78 is 17.8. The number of fused-ring (bicyclic) bond motifs is 4. The summed E-state index contributed by atoms with van der Waals surface area (Å²) in [7, 11) is 0. The lowest BCUT2D eigenvalue weighted by atomic mass is 9.56. The van der Waals surface area contributed by atoms with E-state index in [1.165, 1.54) is 16.7 Å². The summed E-state index contributed by atoms with van der Waals surface area (Å²) >= 11 is 0. The van der Waals surface area contributed by atoms with Crippen LogP contribution in [0.2, 0.25) is 0 Å². The number of ether oxygens (including phenoxy) is 3. The molecule has 5 nitrogen and oxygen atoms in total. The lowest BCUT2D eigenvalue weighted by Crippen LogP contribution is -2.65. The number of rotatable bonds is 4. The zero-order chi connectivity index (χ0) is 22.1. The molecular formula is C26H38O5. The quantitative estimate of drug-likeness (QED) is 0.653. The largest absolute Gasteiger partial charge is 0.383 e. The second-order valence-corrected chi connectivity index (χ2v) is 10.8. The van der Waals surface area contributed by atoms with E-state index >= 15 is 0 Å². The Bertz CT molecular complexity index is 833. The standard InChI is InChI=1S/C26H38O5/c1-5-12-29-24(4,27)26(28)17(2)15-22-21-7-6-18-16-25(30-13-14-31-25)11-9-19(18)20(21)8-10-23(22,26)3/h6-8,17,21-22,27-28H,5,9-16H2,1-4H3/t17?,21?,22?,23-,24?,26+/m0/s1. The zero-order valence-electron chi connectivity index (χ0n) is 19.4. The molecule has 0 radical (unpaired) electrons. The molecule has 1 saturated carbocycles. The van der Waals surface area contributed by atoms with Crippen LogP contribution in [0.3, 0.4) is 0 Å². The first kappa shape index (κ1) is 21.8. The van der Waals surface area contributed by atoms with Crippen LogP contribution in [0.5, 0.6) is 0 Å². The van der Waals surface area contributed by atoms with Crippen molar-refractivity contribution < 1.29 is 24.4 Å². The maximum Gasteiger partial charge on any atom is 0.192 e. The average molecular weight is 431 g/mol. The Morgan fingerprint density at radius 3 is 2.74 bits per heavy atom. The van der Waals surface area contributed by atoms with Crippen molar-refractivity contribution in [2.75, 3.05) is 19.8 Å². The Hall–Kier alpha value is -0.980. The summed E-state index contributed by atoms with van der Waals surface area (Å²) in [6, 6.07) is 0. The van der Waals surface area contributed by atoms with E-state index in [4.69, 9.17) is 14.2 Å². The van der Waals surface area contributed by atoms with Crippen LogP contribution in [-0.4, -0.2) is 47.2 Å². The highest BCUT2D eigenvalue weighted by molar-refractivity contribution is 5.51. The van der Waals surface area contributed by atoms with Crippen molar-refractivity contribution in [3.63, 3.8) is 0 Å². The Kier molecular flexibility index (Phi) is 5.12. The molecule has 1 saturated heterocycles. The topological polar surface area (TPSA) is 68.2 Å². The molecule has 1 heterocycles. The summed E-state index contributed by atoms with van der Waals surface area (Å²) in [6.45, 7) is 9.73. The molecule has 0 amide bonds. The van der Waals surface area contributed by atoms with Crippen LogP contribution in [0.15, 0.2) is 34.9 Å². The summed E-state index contributed by atoms with van der Waals surface area (Å²) in [6.07, 6.45) is 12.1. The smallest absolute Gasteiger partial charge is 0.192 e. The van der Waals surface area contributed by atoms with Gasteiger partial charge in [0.15, 0.2) is 11.6 Å². The minimum atomic E-state index is -1.57. The fraction of sp³-hybridized carbons (Fsp3) is 0.769. The summed E-state index contributed by atoms with van der Waals surface area (Å²) in [4.78, 5) is 0. The molecule has 0 aromatic rings. The molecule has 0 bridgehead atoms. The van der Waals surface area contributed by atoms with E-state index in [-0.39, 0.29) is 17.8 Å². The molecule has 1 spiro atoms. The Labute approximate surface area is 186 Å². The summed E-state index contributed by atoms with van der Waals surface area (Å²) in [5, 5.41) is 23.4. The summed E-state index contributed by atoms with van der Waals surface area (Å²) in [5.74, 6) is -1.51. The van der Waals surface area contributed by atoms with Gasteiger partial charge in [-0.05, 0) is 61.2 Å². The Balaban J connectivity index is 1.48. The van der Waals surface area contributed by atoms with Crippen molar-refractivity contribution in [2.45, 2.75) is 83.4 Å². The van der Waals surface area contributed by atoms with Crippen LogP contribution in [0.4, 0.5) is 0 Å². The van der Waals surface area contributed by atoms with Crippen molar-refractivity contribution in [1.82, 2.24) is 0 Å². The number of hydrogen-bond donors (Lipinski definition) is 2. The number of hydrogen-bond acceptors (Lipinski definition) is 5. The average Bonchev–Trinajstić information content (AvgIpc) is 3.28. The lowest BCUT2D eigenvalue weighted by molar-refractivity contribution is -0.329. The van der Waals surface area contributed by atoms with E-state index in [2.05, 4.69) is 32.1 Å². The van der Waals surface area contributed by atoms with E-state index in [1.807, 2.05) is 6.92 Å². The fourth-order valence-electron chi connectivity index (χ4n) is 7.56. The van der Waals surface area contributed by atoms with Gasteiger partial charge in [-0.1, -0.05) is 39.0 Å². The van der Waals surface area contributed by atoms with E-state index in [0.717, 1.165) is 38.5 Å². The highest BCUT2D eigenvalue weighted by Gasteiger charge is 2.70. The van der Waals surface area contributed by atoms with Crippen LogP contribution in [0.1, 0.15) is 66.2 Å². The molecule has 2 N–H and O–H groups in total. The van der Waals surface area contributed by atoms with Gasteiger partial charge in [-0.15, -0.1) is 0 Å². The second kappa shape index (κ2) is 7.26. The molecule has 31 heavy (non-hydrogen) atoms. The van der Waals surface area contributed by atoms with Crippen molar-refractivity contribution in [2.24, 2.45) is 23.2 Å². The number of aliphatic hydroxyl groups is 2. The maximum absolute atomic E-state index is 12.1. The molecule has 0 aromatic carbocycles. The van der Waals surface area contributed by atoms with Gasteiger partial charge in [0.05, 0.1) is 13.2 Å². The molecule has 5 rings (SSSR count). The van der Waals surface area contributed by atoms with E-state index in [1.54, 1.807) is 6.92 Å². The molecule has 4 aliphatic carbocycles. The first-order valence-electron chi connectivity index (χ1n) is 12.1. The van der Waals surface area contributed by atoms with Gasteiger partial charge in [-0.3, -0.25) is 0 Å². The van der Waals surface area contributed by atoms with Crippen molar-refractivity contribution >= 4 is 0 Å². The van der Waals surface area contributed by atoms with Gasteiger partial charge in [0.25, 0.3) is 0 Å². The van der Waals surface area contributed by atoms with E-state index in [0.29, 0.717) is 19.8 Å². The van der Waals surface area contributed by atoms with Gasteiger partial charge in [0, 0.05) is 30.8 Å². The first-order valence-corrected chi connectivity index (χ1v) is 12.1. The molecule has 1 aliphatic heterocycles. The van der Waals surface area contributed by atoms with Crippen LogP contribution < -0.4 is 0 Å². The van der Waals surface area contributed by atoms with Gasteiger partial charge >= 0.3 is 0 Å². The van der Waals surface area contributed by atoms with Crippen LogP contribution in [0.25, 0.3) is 0 Å². The van der Waals surface area contributed by atoms with Crippen molar-refractivity contribution in [3.05, 3.63) is 34.9 Å². The van der Waals surface area contributed by atoms with Gasteiger partial charge in [0.1, 0.15) is 5.60 Å². The Morgan fingerprint density at radius 1 is 1.29 bits per heavy atom. The third-order valence-electron chi connectivity index (χ3n) is 9.11. The predicted molar refractivity (Wildman–Crippen MR) is 118 cm³/mol. The van der Waals surface area contributed by atoms with Gasteiger partial charge in [-0.25, -0.2) is 0 Å². The van der Waals surface area contributed by atoms with Crippen molar-refractivity contribution in [3.8, 4) is 0 Å². The fourth-order valence-corrected chi connectivity index (χ4v) is 7.56. The molecule has 6 atom stereocenters. The SMILES string of the molecule is CCCOC(C)(O)[C@@]1(O)C(C)CC2C3C=CC4=C(CCC5(C4)OCCO5)C3=CC[C@@]21C. The lowest BCUT2D eigenvalue weighted by Gasteiger charge is -2.54. The highest BCUT2D eigenvalue weighted by atomic mass is 16.7. The molecule has 2 fully saturated rings. The van der Waals surface area contributed by atoms with Gasteiger partial charge < -0.3 is 24.4 Å². The first-order chi connectivity index (χ1) is 14.7. The van der Waals surface area contributed by atoms with E-state index in [9.17, 15) is 10.2 Å². The monoisotopic (exact) mass is 430 g/mol. The second-order valence-electron chi connectivity index (χ2n) is 10.8. The molecular weight excluding hydrogens is 392 g/mol. The molecule has 0 aromatic heterocycles. The number of allylic oxidation sites excluding steroid dienone is 5. The van der Waals surface area contributed by atoms with E-state index < -0.39 is 22.6 Å².